The van der Waals surface area contributed by atoms with Gasteiger partial charge >= 0.3 is 10.8 Å². The third kappa shape index (κ3) is 5.36. The number of carbonyl (C=O) groups excluding carboxylic acids is 3. The standard InChI is InChI=1S/C37H35N3O7S2/c1-17(2)13-25(36(44)45)40-34(42)29-23-15-24(30(29)35(40)43)31-28(23)27(32-33(48-31)39-37(46)49-32)19-8-11-22(12-9-19)47-16-26(41)38-21-10-7-18-5-3-4-6-20(18)14-21/h3-12,14,17,23-25,27-31H,13,15-16H2,1-2H3,(H,38,41)(H,39,46)(H,44,45)/t23?,24?,25?,27-,28?,29?,30?,31?/m1/s1. The Morgan fingerprint density at radius 3 is 2.41 bits per heavy atom. The van der Waals surface area contributed by atoms with E-state index < -0.39 is 23.8 Å². The van der Waals surface area contributed by atoms with Gasteiger partial charge in [0.1, 0.15) is 11.8 Å². The fourth-order valence-corrected chi connectivity index (χ4v) is 11.8. The number of ether oxygens (including phenoxy) is 1. The summed E-state index contributed by atoms with van der Waals surface area (Å²) in [4.78, 5) is 70.2. The summed E-state index contributed by atoms with van der Waals surface area (Å²) in [6, 6.07) is 20.0. The van der Waals surface area contributed by atoms with Gasteiger partial charge in [-0.2, -0.15) is 0 Å². The molecule has 12 heteroatoms. The van der Waals surface area contributed by atoms with E-state index in [9.17, 15) is 29.1 Å². The van der Waals surface area contributed by atoms with E-state index in [1.54, 1.807) is 11.8 Å². The molecule has 3 N–H and O–H groups in total. The van der Waals surface area contributed by atoms with Gasteiger partial charge in [-0.15, -0.1) is 11.8 Å². The summed E-state index contributed by atoms with van der Waals surface area (Å²) in [7, 11) is 0. The number of thiazole rings is 1. The van der Waals surface area contributed by atoms with Crippen molar-refractivity contribution in [1.29, 1.82) is 0 Å². The maximum absolute atomic E-state index is 14.0. The van der Waals surface area contributed by atoms with Gasteiger partial charge in [0.2, 0.25) is 11.8 Å². The summed E-state index contributed by atoms with van der Waals surface area (Å²) in [6.07, 6.45) is 0.929. The maximum atomic E-state index is 14.0. The number of thioether (sulfide) groups is 1. The van der Waals surface area contributed by atoms with Crippen LogP contribution in [0.1, 0.15) is 43.0 Å². The van der Waals surface area contributed by atoms with E-state index in [4.69, 9.17) is 4.74 Å². The van der Waals surface area contributed by atoms with Gasteiger partial charge in [0.15, 0.2) is 6.61 Å². The van der Waals surface area contributed by atoms with E-state index in [0.29, 0.717) is 17.9 Å². The molecule has 0 spiro atoms. The molecule has 4 aromatic rings. The first kappa shape index (κ1) is 31.8. The number of nitrogens with zero attached hydrogens (tertiary/aromatic N) is 1. The van der Waals surface area contributed by atoms with Crippen LogP contribution in [0.4, 0.5) is 5.69 Å². The number of likely N-dealkylation sites (tertiary alicyclic amines) is 1. The highest BCUT2D eigenvalue weighted by Crippen LogP contribution is 2.68. The minimum absolute atomic E-state index is 0.000124. The fourth-order valence-electron chi connectivity index (χ4n) is 8.87. The molecule has 2 aliphatic carbocycles. The number of aromatic nitrogens is 1. The molecule has 8 rings (SSSR count). The van der Waals surface area contributed by atoms with E-state index in [-0.39, 0.29) is 70.5 Å². The number of amides is 3. The number of imide groups is 1. The number of carboxylic acid groups (broad SMARTS) is 1. The molecule has 0 radical (unpaired) electrons. The molecule has 3 heterocycles. The van der Waals surface area contributed by atoms with Gasteiger partial charge in [-0.05, 0) is 77.1 Å². The van der Waals surface area contributed by atoms with Crippen LogP contribution in [-0.2, 0) is 19.2 Å². The lowest BCUT2D eigenvalue weighted by Gasteiger charge is -2.43. The Hall–Kier alpha value is -4.42. The Morgan fingerprint density at radius 2 is 1.69 bits per heavy atom. The molecule has 4 aliphatic rings. The van der Waals surface area contributed by atoms with Crippen molar-refractivity contribution in [3.05, 3.63) is 86.8 Å². The van der Waals surface area contributed by atoms with Crippen molar-refractivity contribution in [1.82, 2.24) is 9.88 Å². The van der Waals surface area contributed by atoms with E-state index in [2.05, 4.69) is 10.3 Å². The minimum atomic E-state index is -1.17. The van der Waals surface area contributed by atoms with E-state index in [1.165, 1.54) is 11.3 Å². The Morgan fingerprint density at radius 1 is 0.980 bits per heavy atom. The third-order valence-corrected chi connectivity index (χ3v) is 13.3. The predicted octanol–water partition coefficient (Wildman–Crippen LogP) is 5.58. The molecule has 252 valence electrons. The first-order valence-corrected chi connectivity index (χ1v) is 18.3. The lowest BCUT2D eigenvalue weighted by molar-refractivity contribution is -0.156. The van der Waals surface area contributed by atoms with Crippen LogP contribution < -0.4 is 14.9 Å². The van der Waals surface area contributed by atoms with Crippen LogP contribution in [0.25, 0.3) is 10.8 Å². The molecule has 1 saturated heterocycles. The molecule has 8 atom stereocenters. The zero-order valence-electron chi connectivity index (χ0n) is 26.8. The van der Waals surface area contributed by atoms with Gasteiger partial charge in [-0.25, -0.2) is 4.79 Å². The number of anilines is 1. The molecule has 3 fully saturated rings. The van der Waals surface area contributed by atoms with Crippen LogP contribution in [0.15, 0.2) is 76.6 Å². The van der Waals surface area contributed by atoms with E-state index in [0.717, 1.165) is 31.1 Å². The summed E-state index contributed by atoms with van der Waals surface area (Å²) >= 11 is 2.77. The van der Waals surface area contributed by atoms with Crippen molar-refractivity contribution < 1.29 is 29.0 Å². The number of aromatic amines is 1. The number of nitrogens with one attached hydrogen (secondary N) is 2. The molecular weight excluding hydrogens is 663 g/mol. The van der Waals surface area contributed by atoms with Crippen LogP contribution in [0, 0.1) is 35.5 Å². The molecule has 2 aliphatic heterocycles. The SMILES string of the molecule is CC(C)CC(C(=O)O)N1C(=O)C2C3CC(C2C1=O)C1C3Sc2[nH]c(=O)sc2[C@@H]1c1ccc(OCC(=O)Nc2ccc3ccccc3c2)cc1. The molecule has 3 amide bonds. The van der Waals surface area contributed by atoms with Crippen LogP contribution in [0.3, 0.4) is 0 Å². The number of fused-ring (bicyclic) bond motifs is 10. The zero-order valence-corrected chi connectivity index (χ0v) is 28.5. The predicted molar refractivity (Wildman–Crippen MR) is 186 cm³/mol. The summed E-state index contributed by atoms with van der Waals surface area (Å²) in [6.45, 7) is 3.60. The van der Waals surface area contributed by atoms with Gasteiger partial charge in [0, 0.05) is 21.7 Å². The van der Waals surface area contributed by atoms with Crippen molar-refractivity contribution >= 4 is 63.2 Å². The molecule has 2 bridgehead atoms. The van der Waals surface area contributed by atoms with Crippen LogP contribution in [-0.4, -0.2) is 56.6 Å². The molecule has 3 aromatic carbocycles. The summed E-state index contributed by atoms with van der Waals surface area (Å²) in [5.41, 5.74) is 1.64. The Labute approximate surface area is 290 Å². The van der Waals surface area contributed by atoms with Crippen molar-refractivity contribution in [3.63, 3.8) is 0 Å². The second-order valence-electron chi connectivity index (χ2n) is 14.0. The first-order valence-electron chi connectivity index (χ1n) is 16.6. The zero-order chi connectivity index (χ0) is 34.1. The molecular formula is C37H35N3O7S2. The van der Waals surface area contributed by atoms with Crippen molar-refractivity contribution in [2.45, 2.75) is 48.9 Å². The molecule has 1 aromatic heterocycles. The lowest BCUT2D eigenvalue weighted by Crippen LogP contribution is -2.47. The molecule has 2 saturated carbocycles. The van der Waals surface area contributed by atoms with Crippen LogP contribution in [0.5, 0.6) is 5.75 Å². The minimum Gasteiger partial charge on any atom is -0.484 e. The molecule has 49 heavy (non-hydrogen) atoms. The van der Waals surface area contributed by atoms with Crippen LogP contribution in [0.2, 0.25) is 0 Å². The monoisotopic (exact) mass is 697 g/mol. The second-order valence-corrected chi connectivity index (χ2v) is 16.2. The fraction of sp³-hybridized carbons (Fsp3) is 0.378. The van der Waals surface area contributed by atoms with Crippen LogP contribution >= 0.6 is 23.1 Å². The molecule has 7 unspecified atom stereocenters. The third-order valence-electron chi connectivity index (χ3n) is 10.7. The highest BCUT2D eigenvalue weighted by Gasteiger charge is 2.70. The average molecular weight is 698 g/mol. The Balaban J connectivity index is 1.02. The number of hydrogen-bond donors (Lipinski definition) is 3. The highest BCUT2D eigenvalue weighted by molar-refractivity contribution is 8.00. The average Bonchev–Trinajstić information content (AvgIpc) is 3.81. The number of hydrogen-bond acceptors (Lipinski definition) is 8. The van der Waals surface area contributed by atoms with Gasteiger partial charge in [-0.1, -0.05) is 67.6 Å². The quantitative estimate of drug-likeness (QED) is 0.192. The van der Waals surface area contributed by atoms with E-state index >= 15 is 0 Å². The van der Waals surface area contributed by atoms with Gasteiger partial charge in [-0.3, -0.25) is 24.1 Å². The highest BCUT2D eigenvalue weighted by atomic mass is 32.2. The van der Waals surface area contributed by atoms with Crippen molar-refractivity contribution in [2.75, 3.05) is 11.9 Å². The van der Waals surface area contributed by atoms with Gasteiger partial charge < -0.3 is 20.1 Å². The first-order chi connectivity index (χ1) is 23.6. The summed E-state index contributed by atoms with van der Waals surface area (Å²) < 4.78 is 5.84. The second kappa shape index (κ2) is 12.2. The normalized spacial score (nSPS) is 27.2. The molecule has 10 nitrogen and oxygen atoms in total. The Bertz CT molecular complexity index is 2060. The van der Waals surface area contributed by atoms with Crippen molar-refractivity contribution in [3.8, 4) is 5.75 Å². The topological polar surface area (TPSA) is 146 Å². The summed E-state index contributed by atoms with van der Waals surface area (Å²) in [5.74, 6) is -3.15. The van der Waals surface area contributed by atoms with E-state index in [1.807, 2.05) is 80.6 Å². The number of benzene rings is 3. The number of H-pyrrole nitrogens is 1. The number of carboxylic acids is 1. The largest absolute Gasteiger partial charge is 0.484 e. The van der Waals surface area contributed by atoms with Gasteiger partial charge in [0.05, 0.1) is 16.9 Å². The lowest BCUT2D eigenvalue weighted by atomic mass is 9.68. The number of aliphatic carboxylic acids is 1. The summed E-state index contributed by atoms with van der Waals surface area (Å²) in [5, 5.41) is 15.8. The van der Waals surface area contributed by atoms with Gasteiger partial charge in [0.25, 0.3) is 5.91 Å². The Kier molecular flexibility index (Phi) is 7.90. The number of carbonyl (C=O) groups is 4. The number of rotatable bonds is 9. The smallest absolute Gasteiger partial charge is 0.326 e. The maximum Gasteiger partial charge on any atom is 0.326 e. The van der Waals surface area contributed by atoms with Crippen molar-refractivity contribution in [2.24, 2.45) is 35.5 Å².